The quantitative estimate of drug-likeness (QED) is 0.871. The molecule has 1 aromatic carbocycles. The Morgan fingerprint density at radius 1 is 1.10 bits per heavy atom. The molecule has 1 saturated heterocycles. The molecular weight excluding hydrogens is 272 g/mol. The first-order chi connectivity index (χ1) is 9.43. The minimum atomic E-state index is -3.31. The molecule has 1 aliphatic rings. The van der Waals surface area contributed by atoms with E-state index in [0.29, 0.717) is 5.69 Å². The molecule has 1 aliphatic heterocycles. The van der Waals surface area contributed by atoms with Crippen molar-refractivity contribution in [3.05, 3.63) is 18.2 Å². The van der Waals surface area contributed by atoms with Gasteiger partial charge in [-0.3, -0.25) is 0 Å². The van der Waals surface area contributed by atoms with E-state index in [1.165, 1.54) is 25.7 Å². The summed E-state index contributed by atoms with van der Waals surface area (Å²) in [6.45, 7) is 5.40. The van der Waals surface area contributed by atoms with Crippen LogP contribution in [0.1, 0.15) is 39.5 Å². The van der Waals surface area contributed by atoms with Gasteiger partial charge in [-0.25, -0.2) is 8.42 Å². The Morgan fingerprint density at radius 3 is 2.20 bits per heavy atom. The summed E-state index contributed by atoms with van der Waals surface area (Å²) in [5.41, 5.74) is 7.38. The highest BCUT2D eigenvalue weighted by molar-refractivity contribution is 7.92. The summed E-state index contributed by atoms with van der Waals surface area (Å²) in [5, 5.41) is -0.450. The minimum absolute atomic E-state index is 0.256. The highest BCUT2D eigenvalue weighted by Crippen LogP contribution is 2.28. The summed E-state index contributed by atoms with van der Waals surface area (Å²) >= 11 is 0. The summed E-state index contributed by atoms with van der Waals surface area (Å²) in [5.74, 6) is 0. The summed E-state index contributed by atoms with van der Waals surface area (Å²) in [6, 6.07) is 5.35. The number of sulfone groups is 1. The van der Waals surface area contributed by atoms with Crippen LogP contribution >= 0.6 is 0 Å². The molecular formula is C15H24N2O2S. The first-order valence-corrected chi connectivity index (χ1v) is 8.86. The lowest BCUT2D eigenvalue weighted by molar-refractivity contribution is 0.588. The molecule has 1 heterocycles. The average Bonchev–Trinajstić information content (AvgIpc) is 2.66. The van der Waals surface area contributed by atoms with Crippen LogP contribution in [0.25, 0.3) is 0 Å². The zero-order chi connectivity index (χ0) is 14.8. The third-order valence-corrected chi connectivity index (χ3v) is 6.12. The number of nitrogens with zero attached hydrogens (tertiary/aromatic N) is 1. The summed E-state index contributed by atoms with van der Waals surface area (Å²) in [7, 11) is -3.31. The normalized spacial score (nSPS) is 17.2. The van der Waals surface area contributed by atoms with Crippen molar-refractivity contribution in [3.8, 4) is 0 Å². The van der Waals surface area contributed by atoms with Crippen LogP contribution in [0.15, 0.2) is 23.1 Å². The molecule has 0 aliphatic carbocycles. The maximum Gasteiger partial charge on any atom is 0.182 e. The van der Waals surface area contributed by atoms with Gasteiger partial charge < -0.3 is 10.6 Å². The van der Waals surface area contributed by atoms with Crippen LogP contribution in [-0.2, 0) is 9.84 Å². The number of rotatable bonds is 3. The lowest BCUT2D eigenvalue weighted by Crippen LogP contribution is -2.24. The Hall–Kier alpha value is -1.23. The van der Waals surface area contributed by atoms with E-state index >= 15 is 0 Å². The lowest BCUT2D eigenvalue weighted by atomic mass is 10.2. The van der Waals surface area contributed by atoms with E-state index in [2.05, 4.69) is 4.90 Å². The van der Waals surface area contributed by atoms with E-state index in [9.17, 15) is 8.42 Å². The van der Waals surface area contributed by atoms with Gasteiger partial charge in [-0.1, -0.05) is 12.8 Å². The maximum absolute atomic E-state index is 12.2. The predicted molar refractivity (Wildman–Crippen MR) is 83.9 cm³/mol. The molecule has 5 heteroatoms. The molecule has 0 saturated carbocycles. The molecule has 0 amide bonds. The van der Waals surface area contributed by atoms with Crippen LogP contribution in [-0.4, -0.2) is 26.8 Å². The molecule has 2 rings (SSSR count). The SMILES string of the molecule is CC(C)S(=O)(=O)c1ccc(N2CCCCCC2)cc1N. The molecule has 0 atom stereocenters. The Bertz CT molecular complexity index is 559. The molecule has 1 aromatic rings. The molecule has 0 aromatic heterocycles. The van der Waals surface area contributed by atoms with E-state index in [4.69, 9.17) is 5.73 Å². The molecule has 0 unspecified atom stereocenters. The standard InChI is InChI=1S/C15H24N2O2S/c1-12(2)20(18,19)15-8-7-13(11-14(15)16)17-9-5-3-4-6-10-17/h7-8,11-12H,3-6,9-10,16H2,1-2H3. The van der Waals surface area contributed by atoms with Crippen LogP contribution in [0.4, 0.5) is 11.4 Å². The molecule has 0 radical (unpaired) electrons. The van der Waals surface area contributed by atoms with Gasteiger partial charge in [0, 0.05) is 18.8 Å². The topological polar surface area (TPSA) is 63.4 Å². The Labute approximate surface area is 121 Å². The van der Waals surface area contributed by atoms with Crippen molar-refractivity contribution in [2.45, 2.75) is 49.7 Å². The van der Waals surface area contributed by atoms with Gasteiger partial charge in [0.05, 0.1) is 15.8 Å². The zero-order valence-corrected chi connectivity index (χ0v) is 13.1. The van der Waals surface area contributed by atoms with Crippen LogP contribution in [0.5, 0.6) is 0 Å². The fourth-order valence-electron chi connectivity index (χ4n) is 2.57. The van der Waals surface area contributed by atoms with Crippen molar-refractivity contribution < 1.29 is 8.42 Å². The Morgan fingerprint density at radius 2 is 1.70 bits per heavy atom. The van der Waals surface area contributed by atoms with Crippen molar-refractivity contribution >= 4 is 21.2 Å². The van der Waals surface area contributed by atoms with Crippen molar-refractivity contribution in [2.75, 3.05) is 23.7 Å². The van der Waals surface area contributed by atoms with Gasteiger partial charge in [-0.2, -0.15) is 0 Å². The summed E-state index contributed by atoms with van der Waals surface area (Å²) < 4.78 is 24.4. The largest absolute Gasteiger partial charge is 0.398 e. The van der Waals surface area contributed by atoms with Gasteiger partial charge in [0.2, 0.25) is 0 Å². The number of hydrogen-bond donors (Lipinski definition) is 1. The molecule has 20 heavy (non-hydrogen) atoms. The van der Waals surface area contributed by atoms with Gasteiger partial charge in [0.1, 0.15) is 0 Å². The van der Waals surface area contributed by atoms with Crippen molar-refractivity contribution in [2.24, 2.45) is 0 Å². The minimum Gasteiger partial charge on any atom is -0.398 e. The van der Waals surface area contributed by atoms with E-state index in [0.717, 1.165) is 18.8 Å². The lowest BCUT2D eigenvalue weighted by Gasteiger charge is -2.23. The first kappa shape index (κ1) is 15.2. The second-order valence-electron chi connectivity index (χ2n) is 5.72. The van der Waals surface area contributed by atoms with Gasteiger partial charge in [0.25, 0.3) is 0 Å². The number of nitrogens with two attached hydrogens (primary N) is 1. The van der Waals surface area contributed by atoms with Gasteiger partial charge in [0.15, 0.2) is 9.84 Å². The second-order valence-corrected chi connectivity index (χ2v) is 8.19. The third kappa shape index (κ3) is 3.08. The van der Waals surface area contributed by atoms with Crippen LogP contribution in [0.2, 0.25) is 0 Å². The second kappa shape index (κ2) is 6.04. The fourth-order valence-corrected chi connectivity index (χ4v) is 3.73. The van der Waals surface area contributed by atoms with Crippen molar-refractivity contribution in [1.82, 2.24) is 0 Å². The third-order valence-electron chi connectivity index (χ3n) is 3.89. The van der Waals surface area contributed by atoms with E-state index in [-0.39, 0.29) is 4.90 Å². The summed E-state index contributed by atoms with van der Waals surface area (Å²) in [4.78, 5) is 2.56. The highest BCUT2D eigenvalue weighted by atomic mass is 32.2. The maximum atomic E-state index is 12.2. The fraction of sp³-hybridized carbons (Fsp3) is 0.600. The van der Waals surface area contributed by atoms with E-state index in [1.54, 1.807) is 26.0 Å². The first-order valence-electron chi connectivity index (χ1n) is 7.31. The van der Waals surface area contributed by atoms with Crippen molar-refractivity contribution in [1.29, 1.82) is 0 Å². The van der Waals surface area contributed by atoms with Gasteiger partial charge in [-0.15, -0.1) is 0 Å². The number of hydrogen-bond acceptors (Lipinski definition) is 4. The number of benzene rings is 1. The highest BCUT2D eigenvalue weighted by Gasteiger charge is 2.22. The van der Waals surface area contributed by atoms with E-state index < -0.39 is 15.1 Å². The van der Waals surface area contributed by atoms with Crippen LogP contribution < -0.4 is 10.6 Å². The molecule has 0 bridgehead atoms. The predicted octanol–water partition coefficient (Wildman–Crippen LogP) is 2.83. The molecule has 112 valence electrons. The van der Waals surface area contributed by atoms with Gasteiger partial charge >= 0.3 is 0 Å². The van der Waals surface area contributed by atoms with Crippen LogP contribution in [0.3, 0.4) is 0 Å². The van der Waals surface area contributed by atoms with Crippen LogP contribution in [0, 0.1) is 0 Å². The molecule has 4 nitrogen and oxygen atoms in total. The molecule has 0 spiro atoms. The smallest absolute Gasteiger partial charge is 0.182 e. The van der Waals surface area contributed by atoms with E-state index in [1.807, 2.05) is 6.07 Å². The molecule has 2 N–H and O–H groups in total. The monoisotopic (exact) mass is 296 g/mol. The van der Waals surface area contributed by atoms with Gasteiger partial charge in [-0.05, 0) is 44.9 Å². The zero-order valence-electron chi connectivity index (χ0n) is 12.3. The average molecular weight is 296 g/mol. The number of nitrogen functional groups attached to an aromatic ring is 1. The summed E-state index contributed by atoms with van der Waals surface area (Å²) in [6.07, 6.45) is 4.91. The number of anilines is 2. The molecule has 1 fully saturated rings. The Kier molecular flexibility index (Phi) is 4.58. The Balaban J connectivity index is 2.30. The van der Waals surface area contributed by atoms with Crippen molar-refractivity contribution in [3.63, 3.8) is 0 Å².